The van der Waals surface area contributed by atoms with Crippen LogP contribution in [-0.4, -0.2) is 50.5 Å². The predicted molar refractivity (Wildman–Crippen MR) is 139 cm³/mol. The minimum Gasteiger partial charge on any atom is -0.506 e. The van der Waals surface area contributed by atoms with Gasteiger partial charge >= 0.3 is 0 Å². The summed E-state index contributed by atoms with van der Waals surface area (Å²) in [6, 6.07) is 16.2. The lowest BCUT2D eigenvalue weighted by Crippen LogP contribution is -2.26. The Balaban J connectivity index is 1.27. The minimum atomic E-state index is -3.56. The number of hydrogen-bond donors (Lipinski definition) is 5. The first-order valence-corrected chi connectivity index (χ1v) is 13.3. The summed E-state index contributed by atoms with van der Waals surface area (Å²) >= 11 is 0. The number of aliphatic hydroxyl groups is 1. The van der Waals surface area contributed by atoms with Crippen molar-refractivity contribution in [3.05, 3.63) is 71.3 Å². The van der Waals surface area contributed by atoms with Gasteiger partial charge in [-0.05, 0) is 70.6 Å². The highest BCUT2D eigenvalue weighted by molar-refractivity contribution is 7.92. The molecular weight excluding hydrogens is 482 g/mol. The number of aliphatic hydroxyl groups excluding tert-OH is 1. The van der Waals surface area contributed by atoms with Gasteiger partial charge in [0.05, 0.1) is 18.0 Å². The quantitative estimate of drug-likeness (QED) is 0.163. The van der Waals surface area contributed by atoms with Gasteiger partial charge in [0.2, 0.25) is 15.9 Å². The van der Waals surface area contributed by atoms with Gasteiger partial charge in [-0.15, -0.1) is 0 Å². The fraction of sp³-hybridized carbons (Fsp3) is 0.269. The molecule has 0 radical (unpaired) electrons. The van der Waals surface area contributed by atoms with E-state index in [1.165, 1.54) is 25.1 Å². The van der Waals surface area contributed by atoms with E-state index in [4.69, 9.17) is 4.74 Å². The maximum atomic E-state index is 11.4. The summed E-state index contributed by atoms with van der Waals surface area (Å²) in [5.74, 6) is 0.434. The SMILES string of the molecule is CC(=O)Nc1ccc2c(c1)Cc1cc(OCCNCC(O)c3ccc(O)c(NS(C)(=O)=O)c3)ccc1-2. The molecule has 36 heavy (non-hydrogen) atoms. The van der Waals surface area contributed by atoms with Crippen molar-refractivity contribution in [3.63, 3.8) is 0 Å². The zero-order valence-corrected chi connectivity index (χ0v) is 20.9. The van der Waals surface area contributed by atoms with E-state index < -0.39 is 16.1 Å². The van der Waals surface area contributed by atoms with Crippen molar-refractivity contribution < 1.29 is 28.2 Å². The average molecular weight is 512 g/mol. The molecule has 0 saturated heterocycles. The molecule has 0 saturated carbocycles. The number of amides is 1. The molecule has 1 aliphatic carbocycles. The van der Waals surface area contributed by atoms with Crippen LogP contribution in [0, 0.1) is 0 Å². The highest BCUT2D eigenvalue weighted by Gasteiger charge is 2.19. The number of nitrogens with one attached hydrogen (secondary N) is 3. The van der Waals surface area contributed by atoms with Gasteiger partial charge in [0.15, 0.2) is 0 Å². The van der Waals surface area contributed by atoms with Crippen LogP contribution in [-0.2, 0) is 21.2 Å². The van der Waals surface area contributed by atoms with Gasteiger partial charge in [0.1, 0.15) is 18.1 Å². The van der Waals surface area contributed by atoms with E-state index in [9.17, 15) is 23.4 Å². The third-order valence-electron chi connectivity index (χ3n) is 5.76. The smallest absolute Gasteiger partial charge is 0.229 e. The van der Waals surface area contributed by atoms with Crippen LogP contribution in [0.5, 0.6) is 11.5 Å². The van der Waals surface area contributed by atoms with Crippen LogP contribution in [0.4, 0.5) is 11.4 Å². The second kappa shape index (κ2) is 10.6. The number of anilines is 2. The van der Waals surface area contributed by atoms with Gasteiger partial charge in [-0.3, -0.25) is 9.52 Å². The second-order valence-electron chi connectivity index (χ2n) is 8.77. The lowest BCUT2D eigenvalue weighted by molar-refractivity contribution is -0.114. The van der Waals surface area contributed by atoms with Gasteiger partial charge < -0.3 is 25.6 Å². The van der Waals surface area contributed by atoms with Crippen molar-refractivity contribution in [2.24, 2.45) is 0 Å². The van der Waals surface area contributed by atoms with Gasteiger partial charge in [0.25, 0.3) is 0 Å². The van der Waals surface area contributed by atoms with Crippen LogP contribution in [0.2, 0.25) is 0 Å². The molecule has 0 heterocycles. The highest BCUT2D eigenvalue weighted by atomic mass is 32.2. The van der Waals surface area contributed by atoms with Gasteiger partial charge in [0, 0.05) is 25.7 Å². The lowest BCUT2D eigenvalue weighted by atomic mass is 10.1. The summed E-state index contributed by atoms with van der Waals surface area (Å²) in [6.45, 7) is 2.59. The molecule has 0 aromatic heterocycles. The summed E-state index contributed by atoms with van der Waals surface area (Å²) in [5, 5.41) is 26.2. The normalized spacial score (nSPS) is 13.0. The van der Waals surface area contributed by atoms with Crippen molar-refractivity contribution in [1.82, 2.24) is 5.32 Å². The Morgan fingerprint density at radius 3 is 2.50 bits per heavy atom. The molecule has 4 rings (SSSR count). The number of sulfonamides is 1. The maximum absolute atomic E-state index is 11.4. The molecule has 5 N–H and O–H groups in total. The van der Waals surface area contributed by atoms with Crippen LogP contribution in [0.15, 0.2) is 54.6 Å². The Hall–Kier alpha value is -3.60. The van der Waals surface area contributed by atoms with Gasteiger partial charge in [-0.2, -0.15) is 0 Å². The molecule has 10 heteroatoms. The summed E-state index contributed by atoms with van der Waals surface area (Å²) in [4.78, 5) is 11.3. The van der Waals surface area contributed by atoms with Crippen LogP contribution < -0.4 is 20.1 Å². The van der Waals surface area contributed by atoms with Crippen molar-refractivity contribution >= 4 is 27.3 Å². The third-order valence-corrected chi connectivity index (χ3v) is 6.35. The highest BCUT2D eigenvalue weighted by Crippen LogP contribution is 2.39. The summed E-state index contributed by atoms with van der Waals surface area (Å²) in [5.41, 5.74) is 5.91. The number of ether oxygens (including phenoxy) is 1. The number of hydrogen-bond acceptors (Lipinski definition) is 7. The number of benzene rings is 3. The Labute approximate surface area is 210 Å². The molecule has 3 aromatic carbocycles. The maximum Gasteiger partial charge on any atom is 0.229 e. The van der Waals surface area contributed by atoms with Crippen LogP contribution in [0.3, 0.4) is 0 Å². The van der Waals surface area contributed by atoms with E-state index >= 15 is 0 Å². The lowest BCUT2D eigenvalue weighted by Gasteiger charge is -2.15. The van der Waals surface area contributed by atoms with E-state index in [0.29, 0.717) is 18.7 Å². The zero-order valence-electron chi connectivity index (χ0n) is 20.0. The molecule has 1 aliphatic rings. The molecule has 1 unspecified atom stereocenters. The Morgan fingerprint density at radius 2 is 1.78 bits per heavy atom. The zero-order chi connectivity index (χ0) is 25.9. The van der Waals surface area contributed by atoms with Crippen molar-refractivity contribution in [2.75, 3.05) is 36.0 Å². The molecular formula is C26H29N3O6S. The van der Waals surface area contributed by atoms with Crippen molar-refractivity contribution in [2.45, 2.75) is 19.4 Å². The Bertz CT molecular complexity index is 1390. The van der Waals surface area contributed by atoms with Crippen molar-refractivity contribution in [3.8, 4) is 22.6 Å². The number of phenolic OH excluding ortho intramolecular Hbond substituents is 1. The number of rotatable bonds is 10. The number of aromatic hydroxyl groups is 1. The number of fused-ring (bicyclic) bond motifs is 3. The van der Waals surface area contributed by atoms with Crippen LogP contribution in [0.25, 0.3) is 11.1 Å². The third kappa shape index (κ3) is 6.34. The summed E-state index contributed by atoms with van der Waals surface area (Å²) in [7, 11) is -3.56. The first kappa shape index (κ1) is 25.5. The summed E-state index contributed by atoms with van der Waals surface area (Å²) < 4.78 is 31.0. The first-order chi connectivity index (χ1) is 17.1. The monoisotopic (exact) mass is 511 g/mol. The largest absolute Gasteiger partial charge is 0.506 e. The molecule has 0 fully saturated rings. The predicted octanol–water partition coefficient (Wildman–Crippen LogP) is 3.00. The second-order valence-corrected chi connectivity index (χ2v) is 10.5. The average Bonchev–Trinajstić information content (AvgIpc) is 3.15. The number of phenols is 1. The fourth-order valence-electron chi connectivity index (χ4n) is 4.20. The molecule has 9 nitrogen and oxygen atoms in total. The van der Waals surface area contributed by atoms with E-state index in [1.54, 1.807) is 0 Å². The minimum absolute atomic E-state index is 0.0162. The molecule has 1 amide bonds. The van der Waals surface area contributed by atoms with Gasteiger partial charge in [-0.1, -0.05) is 18.2 Å². The Kier molecular flexibility index (Phi) is 7.48. The molecule has 190 valence electrons. The standard InChI is InChI=1S/C26H29N3O6S/c1-16(30)28-20-4-6-22-18(12-20)11-19-13-21(5-7-23(19)22)35-10-9-27-15-26(32)17-3-8-25(31)24(14-17)29-36(2,33)34/h3-8,12-14,26-27,29,31-32H,9-11,15H2,1-2H3,(H,28,30). The van der Waals surface area contributed by atoms with E-state index in [0.717, 1.165) is 46.4 Å². The molecule has 3 aromatic rings. The van der Waals surface area contributed by atoms with Gasteiger partial charge in [-0.25, -0.2) is 8.42 Å². The number of carbonyl (C=O) groups is 1. The number of carbonyl (C=O) groups excluding carboxylic acids is 1. The molecule has 1 atom stereocenters. The fourth-order valence-corrected chi connectivity index (χ4v) is 4.76. The molecule has 0 spiro atoms. The van der Waals surface area contributed by atoms with Crippen molar-refractivity contribution in [1.29, 1.82) is 0 Å². The topological polar surface area (TPSA) is 137 Å². The van der Waals surface area contributed by atoms with E-state index in [2.05, 4.69) is 15.4 Å². The molecule has 0 aliphatic heterocycles. The van der Waals surface area contributed by atoms with Crippen LogP contribution >= 0.6 is 0 Å². The first-order valence-electron chi connectivity index (χ1n) is 11.4. The van der Waals surface area contributed by atoms with E-state index in [1.807, 2.05) is 36.4 Å². The van der Waals surface area contributed by atoms with E-state index in [-0.39, 0.29) is 23.9 Å². The summed E-state index contributed by atoms with van der Waals surface area (Å²) in [6.07, 6.45) is 0.857. The van der Waals surface area contributed by atoms with Crippen LogP contribution in [0.1, 0.15) is 29.7 Å². The molecule has 0 bridgehead atoms. The Morgan fingerprint density at radius 1 is 1.06 bits per heavy atom.